The van der Waals surface area contributed by atoms with Crippen molar-refractivity contribution in [2.45, 2.75) is 26.4 Å². The minimum atomic E-state index is -0.611. The van der Waals surface area contributed by atoms with Crippen molar-refractivity contribution in [2.75, 3.05) is 7.11 Å². The van der Waals surface area contributed by atoms with Gasteiger partial charge in [0, 0.05) is 11.1 Å². The molecule has 0 aliphatic carbocycles. The monoisotopic (exact) mass is 294 g/mol. The normalized spacial score (nSPS) is 18.2. The zero-order chi connectivity index (χ0) is 14.9. The highest BCUT2D eigenvalue weighted by atomic mass is 35.5. The van der Waals surface area contributed by atoms with E-state index < -0.39 is 17.3 Å². The fourth-order valence-corrected chi connectivity index (χ4v) is 2.51. The van der Waals surface area contributed by atoms with Gasteiger partial charge in [-0.05, 0) is 48.7 Å². The molecule has 1 aliphatic rings. The van der Waals surface area contributed by atoms with Crippen LogP contribution in [0.3, 0.4) is 0 Å². The van der Waals surface area contributed by atoms with Gasteiger partial charge in [-0.2, -0.15) is 0 Å². The second-order valence-electron chi connectivity index (χ2n) is 4.68. The number of esters is 1. The molecule has 0 radical (unpaired) electrons. The number of methoxy groups -OCH3 is 1. The van der Waals surface area contributed by atoms with E-state index >= 15 is 0 Å². The number of benzene rings is 1. The first-order chi connectivity index (χ1) is 9.43. The van der Waals surface area contributed by atoms with Crippen LogP contribution in [0.25, 0.3) is 5.57 Å². The van der Waals surface area contributed by atoms with E-state index in [0.29, 0.717) is 5.57 Å². The Bertz CT molecular complexity index is 604. The van der Waals surface area contributed by atoms with E-state index in [1.54, 1.807) is 14.0 Å². The van der Waals surface area contributed by atoms with Crippen molar-refractivity contribution in [2.24, 2.45) is 0 Å². The molecular weight excluding hydrogens is 280 g/mol. The van der Waals surface area contributed by atoms with Crippen LogP contribution >= 0.6 is 11.6 Å². The molecule has 0 bridgehead atoms. The number of hydrogen-bond donors (Lipinski definition) is 0. The number of hydrogen-bond acceptors (Lipinski definition) is 4. The molecule has 1 atom stereocenters. The Morgan fingerprint density at radius 3 is 2.65 bits per heavy atom. The van der Waals surface area contributed by atoms with Gasteiger partial charge in [-0.25, -0.2) is 4.79 Å². The number of carbonyl (C=O) groups excluding carboxylic acids is 2. The number of ether oxygens (including phenoxy) is 2. The van der Waals surface area contributed by atoms with Gasteiger partial charge in [0.15, 0.2) is 0 Å². The molecule has 1 unspecified atom stereocenters. The summed E-state index contributed by atoms with van der Waals surface area (Å²) in [5.41, 5.74) is 3.02. The van der Waals surface area contributed by atoms with Crippen LogP contribution in [0, 0.1) is 6.92 Å². The summed E-state index contributed by atoms with van der Waals surface area (Å²) in [6.07, 6.45) is -0.634. The molecule has 20 heavy (non-hydrogen) atoms. The van der Waals surface area contributed by atoms with E-state index in [0.717, 1.165) is 22.4 Å². The van der Waals surface area contributed by atoms with Crippen LogP contribution in [0.4, 0.5) is 0 Å². The van der Waals surface area contributed by atoms with Gasteiger partial charge in [0.05, 0.1) is 13.5 Å². The smallest absolute Gasteiger partial charge is 0.334 e. The van der Waals surface area contributed by atoms with Crippen LogP contribution in [-0.4, -0.2) is 24.4 Å². The topological polar surface area (TPSA) is 52.6 Å². The van der Waals surface area contributed by atoms with Gasteiger partial charge in [0.25, 0.3) is 0 Å². The first kappa shape index (κ1) is 14.6. The Morgan fingerprint density at radius 1 is 1.40 bits per heavy atom. The van der Waals surface area contributed by atoms with E-state index in [4.69, 9.17) is 21.1 Å². The Kier molecular flexibility index (Phi) is 4.14. The molecule has 4 nitrogen and oxygen atoms in total. The Morgan fingerprint density at radius 2 is 2.10 bits per heavy atom. The van der Waals surface area contributed by atoms with E-state index in [1.807, 2.05) is 25.1 Å². The van der Waals surface area contributed by atoms with Crippen LogP contribution in [0.5, 0.6) is 5.75 Å². The average Bonchev–Trinajstić information content (AvgIpc) is 2.64. The van der Waals surface area contributed by atoms with E-state index in [1.165, 1.54) is 0 Å². The SMILES string of the molecule is COc1ccc(C2=C(C)C(=O)OC2CC(=O)Cl)cc1C. The third kappa shape index (κ3) is 2.70. The maximum absolute atomic E-state index is 11.7. The average molecular weight is 295 g/mol. The molecule has 0 amide bonds. The van der Waals surface area contributed by atoms with Crippen molar-refractivity contribution in [1.29, 1.82) is 0 Å². The van der Waals surface area contributed by atoms with Crippen molar-refractivity contribution in [3.63, 3.8) is 0 Å². The fourth-order valence-electron chi connectivity index (χ4n) is 2.37. The van der Waals surface area contributed by atoms with E-state index in [-0.39, 0.29) is 6.42 Å². The van der Waals surface area contributed by atoms with Crippen molar-refractivity contribution >= 4 is 28.4 Å². The van der Waals surface area contributed by atoms with Crippen molar-refractivity contribution in [3.8, 4) is 5.75 Å². The Labute approximate surface area is 122 Å². The molecule has 0 saturated heterocycles. The number of carbonyl (C=O) groups is 2. The highest BCUT2D eigenvalue weighted by molar-refractivity contribution is 6.63. The maximum atomic E-state index is 11.7. The molecular formula is C15H15ClO4. The molecule has 0 spiro atoms. The summed E-state index contributed by atoms with van der Waals surface area (Å²) in [5.74, 6) is 0.360. The predicted molar refractivity (Wildman–Crippen MR) is 75.7 cm³/mol. The maximum Gasteiger partial charge on any atom is 0.334 e. The summed E-state index contributed by atoms with van der Waals surface area (Å²) in [6.45, 7) is 3.60. The zero-order valence-electron chi connectivity index (χ0n) is 11.5. The van der Waals surface area contributed by atoms with Gasteiger partial charge in [-0.15, -0.1) is 0 Å². The van der Waals surface area contributed by atoms with Crippen LogP contribution in [0.2, 0.25) is 0 Å². The molecule has 1 aliphatic heterocycles. The molecule has 0 fully saturated rings. The van der Waals surface area contributed by atoms with Crippen molar-refractivity contribution in [1.82, 2.24) is 0 Å². The molecule has 0 N–H and O–H groups in total. The largest absolute Gasteiger partial charge is 0.496 e. The number of aryl methyl sites for hydroxylation is 1. The number of rotatable bonds is 4. The molecule has 1 aromatic carbocycles. The van der Waals surface area contributed by atoms with Gasteiger partial charge >= 0.3 is 5.97 Å². The predicted octanol–water partition coefficient (Wildman–Crippen LogP) is 2.86. The first-order valence-electron chi connectivity index (χ1n) is 6.19. The van der Waals surface area contributed by atoms with Crippen LogP contribution < -0.4 is 4.74 Å². The van der Waals surface area contributed by atoms with Gasteiger partial charge in [-0.3, -0.25) is 4.79 Å². The van der Waals surface area contributed by atoms with Crippen LogP contribution in [-0.2, 0) is 14.3 Å². The lowest BCUT2D eigenvalue weighted by molar-refractivity contribution is -0.140. The minimum Gasteiger partial charge on any atom is -0.496 e. The lowest BCUT2D eigenvalue weighted by atomic mass is 9.95. The van der Waals surface area contributed by atoms with E-state index in [2.05, 4.69) is 0 Å². The zero-order valence-corrected chi connectivity index (χ0v) is 12.3. The summed E-state index contributed by atoms with van der Waals surface area (Å²) in [4.78, 5) is 22.8. The summed E-state index contributed by atoms with van der Waals surface area (Å²) >= 11 is 5.41. The van der Waals surface area contributed by atoms with Gasteiger partial charge < -0.3 is 9.47 Å². The van der Waals surface area contributed by atoms with Crippen molar-refractivity contribution in [3.05, 3.63) is 34.9 Å². The van der Waals surface area contributed by atoms with Gasteiger partial charge in [0.1, 0.15) is 11.9 Å². The number of cyclic esters (lactones) is 1. The fraction of sp³-hybridized carbons (Fsp3) is 0.333. The summed E-state index contributed by atoms with van der Waals surface area (Å²) in [6, 6.07) is 5.58. The first-order valence-corrected chi connectivity index (χ1v) is 6.57. The lowest BCUT2D eigenvalue weighted by Gasteiger charge is -2.14. The molecule has 0 aromatic heterocycles. The highest BCUT2D eigenvalue weighted by Gasteiger charge is 2.33. The second kappa shape index (κ2) is 5.67. The molecule has 106 valence electrons. The molecule has 2 rings (SSSR count). The molecule has 1 aromatic rings. The van der Waals surface area contributed by atoms with E-state index in [9.17, 15) is 9.59 Å². The molecule has 0 saturated carbocycles. The summed E-state index contributed by atoms with van der Waals surface area (Å²) < 4.78 is 10.4. The highest BCUT2D eigenvalue weighted by Crippen LogP contribution is 2.35. The quantitative estimate of drug-likeness (QED) is 0.633. The Balaban J connectivity index is 2.44. The van der Waals surface area contributed by atoms with Gasteiger partial charge in [-0.1, -0.05) is 6.07 Å². The third-order valence-corrected chi connectivity index (χ3v) is 3.49. The summed E-state index contributed by atoms with van der Waals surface area (Å²) in [5, 5.41) is -0.528. The second-order valence-corrected chi connectivity index (χ2v) is 5.10. The number of halogens is 1. The lowest BCUT2D eigenvalue weighted by Crippen LogP contribution is -2.14. The molecule has 1 heterocycles. The third-order valence-electron chi connectivity index (χ3n) is 3.33. The van der Waals surface area contributed by atoms with Crippen LogP contribution in [0.15, 0.2) is 23.8 Å². The standard InChI is InChI=1S/C15H15ClO4/c1-8-6-10(4-5-11(8)19-3)14-9(2)15(18)20-12(14)7-13(16)17/h4-6,12H,7H2,1-3H3. The Hall–Kier alpha value is -1.81. The molecule has 5 heteroatoms. The van der Waals surface area contributed by atoms with Crippen LogP contribution in [0.1, 0.15) is 24.5 Å². The minimum absolute atomic E-state index is 0.0228. The van der Waals surface area contributed by atoms with Gasteiger partial charge in [0.2, 0.25) is 5.24 Å². The summed E-state index contributed by atoms with van der Waals surface area (Å²) in [7, 11) is 1.60. The van der Waals surface area contributed by atoms with Crippen molar-refractivity contribution < 1.29 is 19.1 Å².